The summed E-state index contributed by atoms with van der Waals surface area (Å²) in [6.45, 7) is 2.40. The summed E-state index contributed by atoms with van der Waals surface area (Å²) in [6, 6.07) is 4.75. The molecule has 1 aromatic carbocycles. The SMILES string of the molecule is CN1C=CN(CCNc2ccc(N)c([N+](=O)[O-])c2)C1. The van der Waals surface area contributed by atoms with E-state index in [9.17, 15) is 10.1 Å². The van der Waals surface area contributed by atoms with Crippen LogP contribution < -0.4 is 11.1 Å². The van der Waals surface area contributed by atoms with Crippen LogP contribution in [0.5, 0.6) is 0 Å². The normalized spacial score (nSPS) is 13.9. The molecule has 0 saturated heterocycles. The highest BCUT2D eigenvalue weighted by molar-refractivity contribution is 5.65. The van der Waals surface area contributed by atoms with E-state index in [0.29, 0.717) is 12.2 Å². The fourth-order valence-corrected chi connectivity index (χ4v) is 1.89. The third kappa shape index (κ3) is 3.27. The number of nitrogens with one attached hydrogen (secondary N) is 1. The Labute approximate surface area is 111 Å². The van der Waals surface area contributed by atoms with E-state index in [0.717, 1.165) is 13.2 Å². The lowest BCUT2D eigenvalue weighted by Crippen LogP contribution is -2.27. The first-order valence-corrected chi connectivity index (χ1v) is 5.96. The van der Waals surface area contributed by atoms with E-state index in [4.69, 9.17) is 5.73 Å². The lowest BCUT2D eigenvalue weighted by Gasteiger charge is -2.18. The van der Waals surface area contributed by atoms with Gasteiger partial charge in [0.05, 0.1) is 11.6 Å². The van der Waals surface area contributed by atoms with Crippen LogP contribution in [0.3, 0.4) is 0 Å². The smallest absolute Gasteiger partial charge is 0.294 e. The van der Waals surface area contributed by atoms with Gasteiger partial charge in [0.15, 0.2) is 0 Å². The summed E-state index contributed by atoms with van der Waals surface area (Å²) in [5, 5.41) is 13.9. The number of nitrogens with zero attached hydrogens (tertiary/aromatic N) is 3. The van der Waals surface area contributed by atoms with Crippen molar-refractivity contribution < 1.29 is 4.92 Å². The number of hydrogen-bond donors (Lipinski definition) is 2. The third-order valence-corrected chi connectivity index (χ3v) is 2.89. The summed E-state index contributed by atoms with van der Waals surface area (Å²) in [5.74, 6) is 0. The molecule has 0 unspecified atom stereocenters. The average Bonchev–Trinajstić information content (AvgIpc) is 2.77. The Morgan fingerprint density at radius 3 is 2.89 bits per heavy atom. The molecule has 0 saturated carbocycles. The first kappa shape index (κ1) is 13.0. The average molecular weight is 263 g/mol. The molecule has 1 aliphatic heterocycles. The van der Waals surface area contributed by atoms with E-state index in [-0.39, 0.29) is 11.4 Å². The molecule has 0 amide bonds. The van der Waals surface area contributed by atoms with Crippen LogP contribution in [-0.4, -0.2) is 41.5 Å². The monoisotopic (exact) mass is 263 g/mol. The Hall–Kier alpha value is -2.44. The molecule has 0 atom stereocenters. The highest BCUT2D eigenvalue weighted by atomic mass is 16.6. The molecular formula is C12H17N5O2. The van der Waals surface area contributed by atoms with Gasteiger partial charge in [-0.05, 0) is 12.1 Å². The molecule has 0 aliphatic carbocycles. The summed E-state index contributed by atoms with van der Waals surface area (Å²) in [5.41, 5.74) is 6.36. The van der Waals surface area contributed by atoms with Gasteiger partial charge in [-0.25, -0.2) is 0 Å². The summed E-state index contributed by atoms with van der Waals surface area (Å²) in [7, 11) is 2.01. The second-order valence-corrected chi connectivity index (χ2v) is 4.47. The molecule has 2 rings (SSSR count). The fourth-order valence-electron chi connectivity index (χ4n) is 1.89. The van der Waals surface area contributed by atoms with Gasteiger partial charge in [0.1, 0.15) is 5.69 Å². The topological polar surface area (TPSA) is 87.7 Å². The van der Waals surface area contributed by atoms with Gasteiger partial charge in [0.2, 0.25) is 0 Å². The zero-order valence-electron chi connectivity index (χ0n) is 10.7. The predicted molar refractivity (Wildman–Crippen MR) is 74.5 cm³/mol. The van der Waals surface area contributed by atoms with Crippen molar-refractivity contribution >= 4 is 17.1 Å². The lowest BCUT2D eigenvalue weighted by atomic mass is 10.2. The van der Waals surface area contributed by atoms with Crippen LogP contribution in [0.4, 0.5) is 17.1 Å². The summed E-state index contributed by atoms with van der Waals surface area (Å²) < 4.78 is 0. The number of nitrogens with two attached hydrogens (primary N) is 1. The number of nitrogen functional groups attached to an aromatic ring is 1. The van der Waals surface area contributed by atoms with Crippen LogP contribution in [0.1, 0.15) is 0 Å². The minimum absolute atomic E-state index is 0.0641. The summed E-state index contributed by atoms with van der Waals surface area (Å²) in [4.78, 5) is 14.5. The second kappa shape index (κ2) is 5.47. The van der Waals surface area contributed by atoms with Gasteiger partial charge in [-0.3, -0.25) is 10.1 Å². The lowest BCUT2D eigenvalue weighted by molar-refractivity contribution is -0.383. The van der Waals surface area contributed by atoms with Crippen molar-refractivity contribution in [3.63, 3.8) is 0 Å². The molecule has 7 nitrogen and oxygen atoms in total. The van der Waals surface area contributed by atoms with E-state index < -0.39 is 4.92 Å². The third-order valence-electron chi connectivity index (χ3n) is 2.89. The first-order valence-electron chi connectivity index (χ1n) is 5.96. The van der Waals surface area contributed by atoms with Crippen molar-refractivity contribution in [3.8, 4) is 0 Å². The standard InChI is InChI=1S/C12H17N5O2/c1-15-6-7-16(9-15)5-4-14-10-2-3-11(13)12(8-10)17(18)19/h2-3,6-8,14H,4-5,9,13H2,1H3. The van der Waals surface area contributed by atoms with Crippen molar-refractivity contribution in [1.82, 2.24) is 9.80 Å². The largest absolute Gasteiger partial charge is 0.393 e. The molecule has 0 bridgehead atoms. The number of rotatable bonds is 5. The van der Waals surface area contributed by atoms with Gasteiger partial charge >= 0.3 is 0 Å². The van der Waals surface area contributed by atoms with E-state index in [2.05, 4.69) is 15.1 Å². The van der Waals surface area contributed by atoms with Crippen molar-refractivity contribution in [2.75, 3.05) is 37.9 Å². The highest BCUT2D eigenvalue weighted by Crippen LogP contribution is 2.24. The zero-order chi connectivity index (χ0) is 13.8. The molecule has 0 fully saturated rings. The van der Waals surface area contributed by atoms with Gasteiger partial charge in [0.25, 0.3) is 5.69 Å². The zero-order valence-corrected chi connectivity index (χ0v) is 10.7. The highest BCUT2D eigenvalue weighted by Gasteiger charge is 2.12. The molecule has 0 spiro atoms. The Bertz CT molecular complexity index is 503. The quantitative estimate of drug-likeness (QED) is 0.472. The maximum Gasteiger partial charge on any atom is 0.294 e. The molecule has 3 N–H and O–H groups in total. The molecule has 7 heteroatoms. The predicted octanol–water partition coefficient (Wildman–Crippen LogP) is 1.27. The maximum absolute atomic E-state index is 10.8. The van der Waals surface area contributed by atoms with Gasteiger partial charge in [-0.15, -0.1) is 0 Å². The van der Waals surface area contributed by atoms with Gasteiger partial charge in [-0.2, -0.15) is 0 Å². The molecule has 0 aromatic heterocycles. The van der Waals surface area contributed by atoms with E-state index in [1.54, 1.807) is 12.1 Å². The van der Waals surface area contributed by atoms with Crippen LogP contribution >= 0.6 is 0 Å². The van der Waals surface area contributed by atoms with Crippen LogP contribution in [0.25, 0.3) is 0 Å². The number of nitro groups is 1. The van der Waals surface area contributed by atoms with E-state index in [1.165, 1.54) is 6.07 Å². The fraction of sp³-hybridized carbons (Fsp3) is 0.333. The van der Waals surface area contributed by atoms with Crippen LogP contribution in [0.15, 0.2) is 30.6 Å². The van der Waals surface area contributed by atoms with E-state index in [1.807, 2.05) is 19.4 Å². The Kier molecular flexibility index (Phi) is 3.74. The number of hydrogen-bond acceptors (Lipinski definition) is 6. The van der Waals surface area contributed by atoms with Crippen LogP contribution in [-0.2, 0) is 0 Å². The molecule has 102 valence electrons. The molecule has 19 heavy (non-hydrogen) atoms. The Morgan fingerprint density at radius 2 is 2.26 bits per heavy atom. The van der Waals surface area contributed by atoms with Crippen LogP contribution in [0, 0.1) is 10.1 Å². The molecule has 1 aliphatic rings. The van der Waals surface area contributed by atoms with Gasteiger partial charge in [-0.1, -0.05) is 0 Å². The number of anilines is 2. The minimum Gasteiger partial charge on any atom is -0.393 e. The van der Waals surface area contributed by atoms with Crippen molar-refractivity contribution in [1.29, 1.82) is 0 Å². The van der Waals surface area contributed by atoms with Gasteiger partial charge < -0.3 is 20.9 Å². The Morgan fingerprint density at radius 1 is 1.47 bits per heavy atom. The second-order valence-electron chi connectivity index (χ2n) is 4.47. The summed E-state index contributed by atoms with van der Waals surface area (Å²) >= 11 is 0. The van der Waals surface area contributed by atoms with Crippen LogP contribution in [0.2, 0.25) is 0 Å². The van der Waals surface area contributed by atoms with Crippen molar-refractivity contribution in [3.05, 3.63) is 40.7 Å². The van der Waals surface area contributed by atoms with Gasteiger partial charge in [0, 0.05) is 44.3 Å². The van der Waals surface area contributed by atoms with Crippen molar-refractivity contribution in [2.24, 2.45) is 0 Å². The number of benzene rings is 1. The number of nitro benzene ring substituents is 1. The first-order chi connectivity index (χ1) is 9.06. The molecular weight excluding hydrogens is 246 g/mol. The van der Waals surface area contributed by atoms with Crippen molar-refractivity contribution in [2.45, 2.75) is 0 Å². The molecule has 1 heterocycles. The minimum atomic E-state index is -0.474. The molecule has 1 aromatic rings. The molecule has 0 radical (unpaired) electrons. The van der Waals surface area contributed by atoms with E-state index >= 15 is 0 Å². The Balaban J connectivity index is 1.88. The summed E-state index contributed by atoms with van der Waals surface area (Å²) in [6.07, 6.45) is 4.03. The maximum atomic E-state index is 10.8.